The molecule has 32 heavy (non-hydrogen) atoms. The number of anilines is 1. The number of rotatable bonds is 5. The zero-order chi connectivity index (χ0) is 21.9. The Kier molecular flexibility index (Phi) is 5.97. The van der Waals surface area contributed by atoms with Crippen LogP contribution in [-0.4, -0.2) is 42.0 Å². The smallest absolute Gasteiger partial charge is 0.321 e. The molecule has 4 aromatic rings. The predicted molar refractivity (Wildman–Crippen MR) is 131 cm³/mol. The molecule has 5 rings (SSSR count). The minimum Gasteiger partial charge on any atom is -0.460 e. The Bertz CT molecular complexity index is 1190. The molecule has 2 aromatic heterocycles. The van der Waals surface area contributed by atoms with Gasteiger partial charge < -0.3 is 14.6 Å². The van der Waals surface area contributed by atoms with Crippen LogP contribution in [0.5, 0.6) is 0 Å². The summed E-state index contributed by atoms with van der Waals surface area (Å²) in [5, 5.41) is 8.41. The number of hydrogen-bond acceptors (Lipinski definition) is 4. The molecule has 1 saturated heterocycles. The molecule has 3 heterocycles. The normalized spacial score (nSPS) is 14.7. The lowest BCUT2D eigenvalue weighted by molar-refractivity contribution is 0.137. The molecule has 0 spiro atoms. The number of fused-ring (bicyclic) bond motifs is 1. The molecule has 0 atom stereocenters. The van der Waals surface area contributed by atoms with Crippen molar-refractivity contribution in [3.63, 3.8) is 0 Å². The van der Waals surface area contributed by atoms with Gasteiger partial charge in [-0.15, -0.1) is 0 Å². The highest BCUT2D eigenvalue weighted by Crippen LogP contribution is 2.28. The molecule has 0 saturated carbocycles. The number of benzene rings is 2. The van der Waals surface area contributed by atoms with Gasteiger partial charge in [0.15, 0.2) is 0 Å². The van der Waals surface area contributed by atoms with E-state index in [0.717, 1.165) is 48.5 Å². The van der Waals surface area contributed by atoms with Gasteiger partial charge in [-0.2, -0.15) is 11.3 Å². The summed E-state index contributed by atoms with van der Waals surface area (Å²) in [6, 6.07) is 18.7. The van der Waals surface area contributed by atoms with Gasteiger partial charge in [0.2, 0.25) is 0 Å². The molecule has 2 aromatic carbocycles. The van der Waals surface area contributed by atoms with Crippen molar-refractivity contribution in [1.82, 2.24) is 9.80 Å². The molecule has 1 N–H and O–H groups in total. The number of hydrogen-bond donors (Lipinski definition) is 1. The average molecular weight is 446 g/mol. The molecule has 1 aliphatic rings. The second kappa shape index (κ2) is 9.18. The SMILES string of the molecule is CCc1ccc(NC(=O)N2CCN(Cc3cc4cc(-c5ccsc5)ccc4o3)CC2)cc1. The zero-order valence-corrected chi connectivity index (χ0v) is 19.0. The summed E-state index contributed by atoms with van der Waals surface area (Å²) in [5.41, 5.74) is 5.50. The van der Waals surface area contributed by atoms with Crippen molar-refractivity contribution >= 4 is 34.0 Å². The number of aryl methyl sites for hydroxylation is 1. The lowest BCUT2D eigenvalue weighted by atomic mass is 10.1. The van der Waals surface area contributed by atoms with E-state index in [9.17, 15) is 4.79 Å². The van der Waals surface area contributed by atoms with E-state index in [4.69, 9.17) is 4.42 Å². The minimum absolute atomic E-state index is 0.0291. The first kappa shape index (κ1) is 20.8. The molecule has 0 aliphatic carbocycles. The molecule has 6 heteroatoms. The number of carbonyl (C=O) groups is 1. The van der Waals surface area contributed by atoms with Gasteiger partial charge in [0, 0.05) is 37.3 Å². The molecular formula is C26H27N3O2S. The largest absolute Gasteiger partial charge is 0.460 e. The molecule has 0 bridgehead atoms. The molecule has 0 unspecified atom stereocenters. The predicted octanol–water partition coefficient (Wildman–Crippen LogP) is 6.07. The first-order valence-corrected chi connectivity index (χ1v) is 12.0. The Balaban J connectivity index is 1.16. The summed E-state index contributed by atoms with van der Waals surface area (Å²) in [7, 11) is 0. The average Bonchev–Trinajstić information content (AvgIpc) is 3.49. The van der Waals surface area contributed by atoms with E-state index in [1.807, 2.05) is 17.0 Å². The van der Waals surface area contributed by atoms with Crippen LogP contribution in [-0.2, 0) is 13.0 Å². The number of nitrogens with zero attached hydrogens (tertiary/aromatic N) is 2. The van der Waals surface area contributed by atoms with Crippen molar-refractivity contribution in [3.8, 4) is 11.1 Å². The van der Waals surface area contributed by atoms with Gasteiger partial charge >= 0.3 is 6.03 Å². The Morgan fingerprint density at radius 1 is 1.00 bits per heavy atom. The van der Waals surface area contributed by atoms with E-state index < -0.39 is 0 Å². The van der Waals surface area contributed by atoms with Crippen LogP contribution in [0.3, 0.4) is 0 Å². The van der Waals surface area contributed by atoms with Gasteiger partial charge in [-0.1, -0.05) is 25.1 Å². The number of thiophene rings is 1. The highest BCUT2D eigenvalue weighted by molar-refractivity contribution is 7.08. The Labute approximate surface area is 192 Å². The quantitative estimate of drug-likeness (QED) is 0.405. The van der Waals surface area contributed by atoms with Crippen molar-refractivity contribution < 1.29 is 9.21 Å². The first-order chi connectivity index (χ1) is 15.7. The van der Waals surface area contributed by atoms with Crippen LogP contribution < -0.4 is 5.32 Å². The van der Waals surface area contributed by atoms with E-state index in [0.29, 0.717) is 13.1 Å². The van der Waals surface area contributed by atoms with Crippen LogP contribution in [0, 0.1) is 0 Å². The number of nitrogens with one attached hydrogen (secondary N) is 1. The van der Waals surface area contributed by atoms with Crippen LogP contribution in [0.15, 0.2) is 69.8 Å². The minimum atomic E-state index is -0.0291. The van der Waals surface area contributed by atoms with Gasteiger partial charge in [0.25, 0.3) is 0 Å². The third-order valence-corrected chi connectivity index (χ3v) is 6.76. The Morgan fingerprint density at radius 3 is 2.53 bits per heavy atom. The van der Waals surface area contributed by atoms with E-state index in [-0.39, 0.29) is 6.03 Å². The highest BCUT2D eigenvalue weighted by Gasteiger charge is 2.22. The maximum Gasteiger partial charge on any atom is 0.321 e. The molecule has 2 amide bonds. The molecule has 1 aliphatic heterocycles. The monoisotopic (exact) mass is 445 g/mol. The summed E-state index contributed by atoms with van der Waals surface area (Å²) < 4.78 is 6.08. The number of furan rings is 1. The second-order valence-electron chi connectivity index (χ2n) is 8.22. The van der Waals surface area contributed by atoms with Crippen LogP contribution in [0.4, 0.5) is 10.5 Å². The number of piperazine rings is 1. The molecular weight excluding hydrogens is 418 g/mol. The van der Waals surface area contributed by atoms with Crippen molar-refractivity contribution in [1.29, 1.82) is 0 Å². The van der Waals surface area contributed by atoms with Crippen molar-refractivity contribution in [2.75, 3.05) is 31.5 Å². The fraction of sp³-hybridized carbons (Fsp3) is 0.269. The van der Waals surface area contributed by atoms with Crippen LogP contribution in [0.25, 0.3) is 22.1 Å². The lowest BCUT2D eigenvalue weighted by Crippen LogP contribution is -2.49. The number of urea groups is 1. The summed E-state index contributed by atoms with van der Waals surface area (Å²) in [4.78, 5) is 16.8. The Morgan fingerprint density at radius 2 is 1.81 bits per heavy atom. The maximum absolute atomic E-state index is 12.6. The summed E-state index contributed by atoms with van der Waals surface area (Å²) in [6.07, 6.45) is 0.997. The number of amides is 2. The zero-order valence-electron chi connectivity index (χ0n) is 18.2. The third-order valence-electron chi connectivity index (χ3n) is 6.07. The third kappa shape index (κ3) is 4.56. The van der Waals surface area contributed by atoms with E-state index in [1.54, 1.807) is 11.3 Å². The summed E-state index contributed by atoms with van der Waals surface area (Å²) in [5.74, 6) is 0.969. The second-order valence-corrected chi connectivity index (χ2v) is 9.00. The van der Waals surface area contributed by atoms with Crippen LogP contribution >= 0.6 is 11.3 Å². The number of carbonyl (C=O) groups excluding carboxylic acids is 1. The molecule has 5 nitrogen and oxygen atoms in total. The van der Waals surface area contributed by atoms with Crippen molar-refractivity contribution in [3.05, 3.63) is 76.7 Å². The van der Waals surface area contributed by atoms with Crippen molar-refractivity contribution in [2.45, 2.75) is 19.9 Å². The van der Waals surface area contributed by atoms with Gasteiger partial charge in [-0.3, -0.25) is 4.90 Å². The standard InChI is InChI=1S/C26H27N3O2S/c1-2-19-3-6-23(7-4-19)27-26(30)29-12-10-28(11-13-29)17-24-16-22-15-20(5-8-25(22)31-24)21-9-14-32-18-21/h3-9,14-16,18H,2,10-13,17H2,1H3,(H,27,30). The maximum atomic E-state index is 12.6. The van der Waals surface area contributed by atoms with Crippen LogP contribution in [0.1, 0.15) is 18.2 Å². The van der Waals surface area contributed by atoms with Crippen LogP contribution in [0.2, 0.25) is 0 Å². The van der Waals surface area contributed by atoms with E-state index in [1.165, 1.54) is 16.7 Å². The van der Waals surface area contributed by atoms with E-state index >= 15 is 0 Å². The fourth-order valence-electron chi connectivity index (χ4n) is 4.14. The van der Waals surface area contributed by atoms with Gasteiger partial charge in [-0.05, 0) is 70.3 Å². The lowest BCUT2D eigenvalue weighted by Gasteiger charge is -2.34. The van der Waals surface area contributed by atoms with Gasteiger partial charge in [0.1, 0.15) is 11.3 Å². The van der Waals surface area contributed by atoms with Gasteiger partial charge in [0.05, 0.1) is 6.54 Å². The Hall–Kier alpha value is -3.09. The molecule has 164 valence electrons. The topological polar surface area (TPSA) is 48.7 Å². The molecule has 1 fully saturated rings. The summed E-state index contributed by atoms with van der Waals surface area (Å²) in [6.45, 7) is 5.97. The summed E-state index contributed by atoms with van der Waals surface area (Å²) >= 11 is 1.71. The highest BCUT2D eigenvalue weighted by atomic mass is 32.1. The van der Waals surface area contributed by atoms with Gasteiger partial charge in [-0.25, -0.2) is 4.79 Å². The fourth-order valence-corrected chi connectivity index (χ4v) is 4.81. The van der Waals surface area contributed by atoms with E-state index in [2.05, 4.69) is 70.4 Å². The first-order valence-electron chi connectivity index (χ1n) is 11.1. The van der Waals surface area contributed by atoms with Crippen molar-refractivity contribution in [2.24, 2.45) is 0 Å². The molecule has 0 radical (unpaired) electrons.